The molecule has 0 fully saturated rings. The summed E-state index contributed by atoms with van der Waals surface area (Å²) >= 11 is 11.3. The Hall–Kier alpha value is -1.50. The lowest BCUT2D eigenvalue weighted by Gasteiger charge is -2.13. The summed E-state index contributed by atoms with van der Waals surface area (Å²) in [6, 6.07) is 7.01. The molecule has 0 bridgehead atoms. The van der Waals surface area contributed by atoms with E-state index in [1.54, 1.807) is 19.1 Å². The second kappa shape index (κ2) is 5.71. The van der Waals surface area contributed by atoms with Crippen LogP contribution in [0.2, 0.25) is 10.0 Å². The second-order valence-corrected chi connectivity index (χ2v) is 6.79. The number of nitrogens with two attached hydrogens (primary N) is 1. The molecule has 3 N–H and O–H groups in total. The number of rotatable bonds is 3. The van der Waals surface area contributed by atoms with Crippen molar-refractivity contribution in [3.63, 3.8) is 0 Å². The molecule has 0 atom stereocenters. The molecule has 0 saturated heterocycles. The zero-order valence-corrected chi connectivity index (χ0v) is 13.2. The van der Waals surface area contributed by atoms with Crippen LogP contribution in [0, 0.1) is 12.7 Å². The van der Waals surface area contributed by atoms with Gasteiger partial charge in [-0.2, -0.15) is 0 Å². The van der Waals surface area contributed by atoms with Crippen molar-refractivity contribution in [3.8, 4) is 0 Å². The Morgan fingerprint density at radius 2 is 1.76 bits per heavy atom. The maximum absolute atomic E-state index is 13.3. The maximum atomic E-state index is 13.3. The fraction of sp³-hybridized carbons (Fsp3) is 0.0769. The molecular formula is C13H11Cl2FN2O2S. The Morgan fingerprint density at radius 3 is 2.29 bits per heavy atom. The standard InChI is InChI=1S/C13H11Cl2FN2O2S/c1-7-3-2-4-11(17)13(7)21(19,20)18-8-5-9(14)12(16)10(15)6-8/h2-6,18H,17H2,1H3. The van der Waals surface area contributed by atoms with Crippen molar-refractivity contribution in [1.29, 1.82) is 0 Å². The van der Waals surface area contributed by atoms with Gasteiger partial charge in [0.05, 0.1) is 21.4 Å². The van der Waals surface area contributed by atoms with Gasteiger partial charge in [-0.25, -0.2) is 12.8 Å². The van der Waals surface area contributed by atoms with Crippen LogP contribution in [0.15, 0.2) is 35.2 Å². The average molecular weight is 349 g/mol. The number of sulfonamides is 1. The van der Waals surface area contributed by atoms with Crippen LogP contribution in [0.25, 0.3) is 0 Å². The first-order valence-corrected chi connectivity index (χ1v) is 7.99. The van der Waals surface area contributed by atoms with Crippen molar-refractivity contribution in [2.75, 3.05) is 10.5 Å². The fourth-order valence-electron chi connectivity index (χ4n) is 1.86. The van der Waals surface area contributed by atoms with Crippen molar-refractivity contribution in [1.82, 2.24) is 0 Å². The monoisotopic (exact) mass is 348 g/mol. The van der Waals surface area contributed by atoms with E-state index in [4.69, 9.17) is 28.9 Å². The number of hydrogen-bond donors (Lipinski definition) is 2. The highest BCUT2D eigenvalue weighted by Gasteiger charge is 2.21. The SMILES string of the molecule is Cc1cccc(N)c1S(=O)(=O)Nc1cc(Cl)c(F)c(Cl)c1. The lowest BCUT2D eigenvalue weighted by atomic mass is 10.2. The van der Waals surface area contributed by atoms with E-state index >= 15 is 0 Å². The summed E-state index contributed by atoms with van der Waals surface area (Å²) < 4.78 is 40.4. The zero-order valence-electron chi connectivity index (χ0n) is 10.8. The molecule has 2 rings (SSSR count). The number of nitrogens with one attached hydrogen (secondary N) is 1. The Kier molecular flexibility index (Phi) is 4.32. The minimum absolute atomic E-state index is 0.0402. The molecule has 0 radical (unpaired) electrons. The molecule has 0 amide bonds. The van der Waals surface area contributed by atoms with E-state index in [9.17, 15) is 12.8 Å². The van der Waals surface area contributed by atoms with Crippen LogP contribution < -0.4 is 10.5 Å². The van der Waals surface area contributed by atoms with Crippen LogP contribution in [-0.4, -0.2) is 8.42 Å². The van der Waals surface area contributed by atoms with Crippen LogP contribution in [0.3, 0.4) is 0 Å². The number of hydrogen-bond acceptors (Lipinski definition) is 3. The summed E-state index contributed by atoms with van der Waals surface area (Å²) in [6.07, 6.45) is 0. The normalized spacial score (nSPS) is 11.4. The Balaban J connectivity index is 2.48. The number of aryl methyl sites for hydroxylation is 1. The third-order valence-electron chi connectivity index (χ3n) is 2.75. The van der Waals surface area contributed by atoms with Crippen LogP contribution in [0.5, 0.6) is 0 Å². The van der Waals surface area contributed by atoms with E-state index in [0.29, 0.717) is 5.56 Å². The predicted molar refractivity (Wildman–Crippen MR) is 82.8 cm³/mol. The second-order valence-electron chi connectivity index (χ2n) is 4.35. The number of halogens is 3. The molecule has 0 aliphatic rings. The fourth-order valence-corrected chi connectivity index (χ4v) is 3.75. The summed E-state index contributed by atoms with van der Waals surface area (Å²) in [5.41, 5.74) is 6.36. The van der Waals surface area contributed by atoms with Gasteiger partial charge in [0.1, 0.15) is 4.90 Å². The van der Waals surface area contributed by atoms with Gasteiger partial charge in [0.15, 0.2) is 5.82 Å². The molecule has 4 nitrogen and oxygen atoms in total. The molecule has 112 valence electrons. The van der Waals surface area contributed by atoms with Crippen molar-refractivity contribution in [2.45, 2.75) is 11.8 Å². The van der Waals surface area contributed by atoms with Gasteiger partial charge in [-0.15, -0.1) is 0 Å². The van der Waals surface area contributed by atoms with Crippen molar-refractivity contribution in [2.24, 2.45) is 0 Å². The molecule has 0 aliphatic heterocycles. The lowest BCUT2D eigenvalue weighted by Crippen LogP contribution is -2.16. The Labute approximate surface area is 131 Å². The van der Waals surface area contributed by atoms with Crippen LogP contribution in [0.1, 0.15) is 5.56 Å². The number of nitrogen functional groups attached to an aromatic ring is 1. The van der Waals surface area contributed by atoms with Crippen molar-refractivity contribution in [3.05, 3.63) is 51.8 Å². The van der Waals surface area contributed by atoms with Gasteiger partial charge in [-0.1, -0.05) is 35.3 Å². The summed E-state index contributed by atoms with van der Waals surface area (Å²) in [4.78, 5) is -0.0402. The lowest BCUT2D eigenvalue weighted by molar-refractivity contribution is 0.601. The van der Waals surface area contributed by atoms with Gasteiger partial charge in [0, 0.05) is 0 Å². The maximum Gasteiger partial charge on any atom is 0.264 e. The Bertz CT molecular complexity index is 767. The van der Waals surface area contributed by atoms with E-state index in [-0.39, 0.29) is 26.3 Å². The molecule has 0 aliphatic carbocycles. The van der Waals surface area contributed by atoms with E-state index in [2.05, 4.69) is 4.72 Å². The Morgan fingerprint density at radius 1 is 1.19 bits per heavy atom. The summed E-state index contributed by atoms with van der Waals surface area (Å²) in [5.74, 6) is -0.809. The number of benzene rings is 2. The molecule has 0 heterocycles. The quantitative estimate of drug-likeness (QED) is 0.654. The van der Waals surface area contributed by atoms with Crippen LogP contribution in [-0.2, 0) is 10.0 Å². The van der Waals surface area contributed by atoms with E-state index < -0.39 is 15.8 Å². The highest BCUT2D eigenvalue weighted by atomic mass is 35.5. The van der Waals surface area contributed by atoms with Crippen molar-refractivity contribution < 1.29 is 12.8 Å². The molecular weight excluding hydrogens is 338 g/mol. The van der Waals surface area contributed by atoms with Gasteiger partial charge in [0.25, 0.3) is 10.0 Å². The molecule has 0 saturated carbocycles. The smallest absolute Gasteiger partial charge is 0.264 e. The van der Waals surface area contributed by atoms with Crippen LogP contribution >= 0.6 is 23.2 Å². The number of anilines is 2. The molecule has 2 aromatic rings. The van der Waals surface area contributed by atoms with E-state index in [1.807, 2.05) is 0 Å². The summed E-state index contributed by atoms with van der Waals surface area (Å²) in [7, 11) is -3.94. The zero-order chi connectivity index (χ0) is 15.8. The first kappa shape index (κ1) is 15.9. The predicted octanol–water partition coefficient (Wildman–Crippen LogP) is 3.82. The van der Waals surface area contributed by atoms with Gasteiger partial charge < -0.3 is 5.73 Å². The van der Waals surface area contributed by atoms with Gasteiger partial charge in [-0.05, 0) is 30.7 Å². The van der Waals surface area contributed by atoms with E-state index in [1.165, 1.54) is 6.07 Å². The molecule has 0 spiro atoms. The highest BCUT2D eigenvalue weighted by Crippen LogP contribution is 2.30. The average Bonchev–Trinajstić information content (AvgIpc) is 2.34. The molecule has 21 heavy (non-hydrogen) atoms. The largest absolute Gasteiger partial charge is 0.398 e. The van der Waals surface area contributed by atoms with Gasteiger partial charge in [-0.3, -0.25) is 4.72 Å². The molecule has 8 heteroatoms. The van der Waals surface area contributed by atoms with Crippen LogP contribution in [0.4, 0.5) is 15.8 Å². The first-order valence-electron chi connectivity index (χ1n) is 5.75. The summed E-state index contributed by atoms with van der Waals surface area (Å²) in [5, 5.41) is -0.559. The van der Waals surface area contributed by atoms with Gasteiger partial charge in [0.2, 0.25) is 0 Å². The minimum atomic E-state index is -3.94. The minimum Gasteiger partial charge on any atom is -0.398 e. The highest BCUT2D eigenvalue weighted by molar-refractivity contribution is 7.93. The van der Waals surface area contributed by atoms with Crippen molar-refractivity contribution >= 4 is 44.6 Å². The topological polar surface area (TPSA) is 72.2 Å². The third kappa shape index (κ3) is 3.23. The summed E-state index contributed by atoms with van der Waals surface area (Å²) in [6.45, 7) is 1.62. The first-order chi connectivity index (χ1) is 9.72. The molecule has 2 aromatic carbocycles. The third-order valence-corrected chi connectivity index (χ3v) is 4.90. The molecule has 0 unspecified atom stereocenters. The molecule has 0 aromatic heterocycles. The van der Waals surface area contributed by atoms with E-state index in [0.717, 1.165) is 12.1 Å². The van der Waals surface area contributed by atoms with Gasteiger partial charge >= 0.3 is 0 Å².